The number of nitrogens with two attached hydrogens (primary N) is 1. The van der Waals surface area contributed by atoms with Crippen molar-refractivity contribution in [3.8, 4) is 0 Å². The molecule has 0 atom stereocenters. The minimum Gasteiger partial charge on any atom is -0.330 e. The van der Waals surface area contributed by atoms with Crippen LogP contribution in [-0.2, 0) is 5.41 Å². The van der Waals surface area contributed by atoms with Crippen molar-refractivity contribution in [2.75, 3.05) is 6.54 Å². The molecule has 2 N–H and O–H groups in total. The highest BCUT2D eigenvalue weighted by Gasteiger charge is 2.22. The highest BCUT2D eigenvalue weighted by Crippen LogP contribution is 2.32. The van der Waals surface area contributed by atoms with E-state index >= 15 is 0 Å². The maximum atomic E-state index is 6.18. The predicted molar refractivity (Wildman–Crippen MR) is 62.9 cm³/mol. The summed E-state index contributed by atoms with van der Waals surface area (Å²) >= 11 is 6.18. The minimum absolute atomic E-state index is 0.0673. The van der Waals surface area contributed by atoms with Crippen molar-refractivity contribution >= 4 is 11.6 Å². The summed E-state index contributed by atoms with van der Waals surface area (Å²) in [6.07, 6.45) is 0.955. The molecule has 1 aromatic carbocycles. The molecule has 0 aliphatic carbocycles. The third-order valence-electron chi connectivity index (χ3n) is 2.62. The zero-order chi connectivity index (χ0) is 10.8. The summed E-state index contributed by atoms with van der Waals surface area (Å²) in [4.78, 5) is 0. The maximum absolute atomic E-state index is 6.18. The van der Waals surface area contributed by atoms with Crippen LogP contribution in [0.2, 0.25) is 5.02 Å². The lowest BCUT2D eigenvalue weighted by Gasteiger charge is -2.26. The summed E-state index contributed by atoms with van der Waals surface area (Å²) in [5.41, 5.74) is 8.11. The Labute approximate surface area is 91.3 Å². The first-order chi connectivity index (χ1) is 6.47. The van der Waals surface area contributed by atoms with E-state index in [1.807, 2.05) is 12.1 Å². The first kappa shape index (κ1) is 11.5. The number of hydrogen-bond donors (Lipinski definition) is 1. The summed E-state index contributed by atoms with van der Waals surface area (Å²) in [6.45, 7) is 7.14. The van der Waals surface area contributed by atoms with E-state index < -0.39 is 0 Å². The van der Waals surface area contributed by atoms with Crippen LogP contribution in [0.1, 0.15) is 31.4 Å². The Morgan fingerprint density at radius 2 is 2.00 bits per heavy atom. The van der Waals surface area contributed by atoms with Gasteiger partial charge in [-0.15, -0.1) is 0 Å². The molecule has 1 nitrogen and oxygen atoms in total. The molecule has 0 saturated heterocycles. The lowest BCUT2D eigenvalue weighted by atomic mass is 9.81. The molecule has 0 amide bonds. The number of rotatable bonds is 3. The van der Waals surface area contributed by atoms with E-state index in [1.165, 1.54) is 11.1 Å². The number of aryl methyl sites for hydroxylation is 1. The van der Waals surface area contributed by atoms with Crippen LogP contribution in [0.3, 0.4) is 0 Å². The van der Waals surface area contributed by atoms with Crippen LogP contribution in [0.4, 0.5) is 0 Å². The molecule has 0 aromatic heterocycles. The Kier molecular flexibility index (Phi) is 3.57. The topological polar surface area (TPSA) is 26.0 Å². The van der Waals surface area contributed by atoms with E-state index in [0.29, 0.717) is 6.54 Å². The summed E-state index contributed by atoms with van der Waals surface area (Å²) in [5, 5.41) is 0.842. The first-order valence-corrected chi connectivity index (χ1v) is 5.32. The molecule has 0 spiro atoms. The van der Waals surface area contributed by atoms with Crippen LogP contribution in [-0.4, -0.2) is 6.54 Å². The van der Waals surface area contributed by atoms with Gasteiger partial charge in [-0.25, -0.2) is 0 Å². The Morgan fingerprint density at radius 1 is 1.36 bits per heavy atom. The zero-order valence-electron chi connectivity index (χ0n) is 9.10. The fraction of sp³-hybridized carbons (Fsp3) is 0.500. The third kappa shape index (κ3) is 2.49. The Balaban J connectivity index is 3.10. The second kappa shape index (κ2) is 4.33. The standard InChI is InChI=1S/C12H18ClN/c1-9-4-5-11(13)10(8-9)12(2,3)6-7-14/h4-5,8H,6-7,14H2,1-3H3. The van der Waals surface area contributed by atoms with Crippen LogP contribution in [0.5, 0.6) is 0 Å². The Hall–Kier alpha value is -0.530. The zero-order valence-corrected chi connectivity index (χ0v) is 9.86. The van der Waals surface area contributed by atoms with Crippen LogP contribution in [0, 0.1) is 6.92 Å². The molecular weight excluding hydrogens is 194 g/mol. The van der Waals surface area contributed by atoms with Gasteiger partial charge in [0.2, 0.25) is 0 Å². The Bertz CT molecular complexity index is 318. The van der Waals surface area contributed by atoms with Gasteiger partial charge in [-0.1, -0.05) is 43.1 Å². The average molecular weight is 212 g/mol. The highest BCUT2D eigenvalue weighted by molar-refractivity contribution is 6.31. The van der Waals surface area contributed by atoms with Crippen LogP contribution >= 0.6 is 11.6 Å². The third-order valence-corrected chi connectivity index (χ3v) is 2.95. The maximum Gasteiger partial charge on any atom is 0.0443 e. The van der Waals surface area contributed by atoms with Gasteiger partial charge in [0.05, 0.1) is 0 Å². The van der Waals surface area contributed by atoms with Gasteiger partial charge < -0.3 is 5.73 Å². The van der Waals surface area contributed by atoms with Gasteiger partial charge in [-0.05, 0) is 36.9 Å². The number of hydrogen-bond acceptors (Lipinski definition) is 1. The Morgan fingerprint density at radius 3 is 2.57 bits per heavy atom. The van der Waals surface area contributed by atoms with Crippen molar-refractivity contribution in [1.29, 1.82) is 0 Å². The van der Waals surface area contributed by atoms with Crippen LogP contribution in [0.25, 0.3) is 0 Å². The van der Waals surface area contributed by atoms with Gasteiger partial charge >= 0.3 is 0 Å². The van der Waals surface area contributed by atoms with Gasteiger partial charge in [0.25, 0.3) is 0 Å². The molecule has 1 rings (SSSR count). The van der Waals surface area contributed by atoms with E-state index in [2.05, 4.69) is 26.8 Å². The van der Waals surface area contributed by atoms with E-state index in [1.54, 1.807) is 0 Å². The van der Waals surface area contributed by atoms with E-state index in [0.717, 1.165) is 11.4 Å². The fourth-order valence-corrected chi connectivity index (χ4v) is 2.03. The molecule has 0 bridgehead atoms. The summed E-state index contributed by atoms with van der Waals surface area (Å²) in [7, 11) is 0. The second-order valence-corrected chi connectivity index (χ2v) is 4.81. The average Bonchev–Trinajstić information content (AvgIpc) is 2.09. The molecule has 0 radical (unpaired) electrons. The van der Waals surface area contributed by atoms with Crippen molar-refractivity contribution in [3.63, 3.8) is 0 Å². The molecule has 1 aromatic rings. The molecular formula is C12H18ClN. The number of halogens is 1. The quantitative estimate of drug-likeness (QED) is 0.816. The largest absolute Gasteiger partial charge is 0.330 e. The van der Waals surface area contributed by atoms with Crippen LogP contribution in [0.15, 0.2) is 18.2 Å². The van der Waals surface area contributed by atoms with Crippen molar-refractivity contribution < 1.29 is 0 Å². The van der Waals surface area contributed by atoms with Gasteiger partial charge in [-0.2, -0.15) is 0 Å². The first-order valence-electron chi connectivity index (χ1n) is 4.94. The lowest BCUT2D eigenvalue weighted by molar-refractivity contribution is 0.487. The van der Waals surface area contributed by atoms with E-state index in [4.69, 9.17) is 17.3 Å². The lowest BCUT2D eigenvalue weighted by Crippen LogP contribution is -2.22. The van der Waals surface area contributed by atoms with E-state index in [9.17, 15) is 0 Å². The summed E-state index contributed by atoms with van der Waals surface area (Å²) in [6, 6.07) is 6.15. The van der Waals surface area contributed by atoms with Gasteiger partial charge in [0.15, 0.2) is 0 Å². The smallest absolute Gasteiger partial charge is 0.0443 e. The molecule has 0 saturated carbocycles. The van der Waals surface area contributed by atoms with Crippen molar-refractivity contribution in [2.24, 2.45) is 5.73 Å². The fourth-order valence-electron chi connectivity index (χ4n) is 1.65. The number of benzene rings is 1. The van der Waals surface area contributed by atoms with Crippen molar-refractivity contribution in [2.45, 2.75) is 32.6 Å². The SMILES string of the molecule is Cc1ccc(Cl)c(C(C)(C)CCN)c1. The molecule has 2 heteroatoms. The summed E-state index contributed by atoms with van der Waals surface area (Å²) < 4.78 is 0. The minimum atomic E-state index is 0.0673. The normalized spacial score (nSPS) is 11.8. The van der Waals surface area contributed by atoms with E-state index in [-0.39, 0.29) is 5.41 Å². The molecule has 0 aliphatic rings. The molecule has 0 aliphatic heterocycles. The van der Waals surface area contributed by atoms with Gasteiger partial charge in [0.1, 0.15) is 0 Å². The molecule has 14 heavy (non-hydrogen) atoms. The molecule has 78 valence electrons. The summed E-state index contributed by atoms with van der Waals surface area (Å²) in [5.74, 6) is 0. The monoisotopic (exact) mass is 211 g/mol. The highest BCUT2D eigenvalue weighted by atomic mass is 35.5. The molecule has 0 unspecified atom stereocenters. The van der Waals surface area contributed by atoms with Crippen molar-refractivity contribution in [1.82, 2.24) is 0 Å². The van der Waals surface area contributed by atoms with Gasteiger partial charge in [0, 0.05) is 5.02 Å². The second-order valence-electron chi connectivity index (χ2n) is 4.41. The van der Waals surface area contributed by atoms with Crippen LogP contribution < -0.4 is 5.73 Å². The molecule has 0 fully saturated rings. The predicted octanol–water partition coefficient (Wildman–Crippen LogP) is 3.27. The molecule has 0 heterocycles. The van der Waals surface area contributed by atoms with Crippen molar-refractivity contribution in [3.05, 3.63) is 34.3 Å². The van der Waals surface area contributed by atoms with Gasteiger partial charge in [-0.3, -0.25) is 0 Å².